The fourth-order valence-corrected chi connectivity index (χ4v) is 6.95. The van der Waals surface area contributed by atoms with E-state index in [-0.39, 0.29) is 19.4 Å². The predicted molar refractivity (Wildman–Crippen MR) is 247 cm³/mol. The van der Waals surface area contributed by atoms with Gasteiger partial charge in [0.2, 0.25) is 0 Å². The van der Waals surface area contributed by atoms with Gasteiger partial charge in [0, 0.05) is 12.8 Å². The Bertz CT molecular complexity index is 1410. The average Bonchev–Trinajstić information content (AvgIpc) is 3.30. The van der Waals surface area contributed by atoms with Gasteiger partial charge in [-0.2, -0.15) is 0 Å². The summed E-state index contributed by atoms with van der Waals surface area (Å²) in [6.45, 7) is 2.35. The molecule has 372 valence electrons. The van der Waals surface area contributed by atoms with Gasteiger partial charge in [-0.1, -0.05) is 119 Å². The number of rotatable bonds is 35. The minimum Gasteiger partial charge on any atom is -0.462 e. The van der Waals surface area contributed by atoms with Gasteiger partial charge in [0.25, 0.3) is 0 Å². The van der Waals surface area contributed by atoms with E-state index in [0.717, 1.165) is 70.6 Å². The lowest BCUT2D eigenvalue weighted by molar-refractivity contribution is -0.332. The van der Waals surface area contributed by atoms with Crippen LogP contribution in [0.4, 0.5) is 0 Å². The summed E-state index contributed by atoms with van der Waals surface area (Å²) in [5, 5.41) is 71.9. The Morgan fingerprint density at radius 3 is 1.58 bits per heavy atom. The summed E-state index contributed by atoms with van der Waals surface area (Å²) >= 11 is 0. The Hall–Kier alpha value is -3.06. The van der Waals surface area contributed by atoms with Crippen LogP contribution in [-0.4, -0.2) is 142 Å². The van der Waals surface area contributed by atoms with Crippen LogP contribution >= 0.6 is 0 Å². The molecule has 0 spiro atoms. The molecular formula is C50H82O15. The maximum atomic E-state index is 12.9. The van der Waals surface area contributed by atoms with Gasteiger partial charge in [-0.3, -0.25) is 9.59 Å². The first-order chi connectivity index (χ1) is 31.5. The number of unbranched alkanes of at least 4 members (excludes halogenated alkanes) is 9. The van der Waals surface area contributed by atoms with E-state index < -0.39 is 99.3 Å². The second-order valence-electron chi connectivity index (χ2n) is 16.5. The van der Waals surface area contributed by atoms with Crippen LogP contribution in [0.3, 0.4) is 0 Å². The summed E-state index contributed by atoms with van der Waals surface area (Å²) in [4.78, 5) is 25.6. The molecule has 15 nitrogen and oxygen atoms in total. The fraction of sp³-hybridized carbons (Fsp3) is 0.720. The molecular weight excluding hydrogens is 841 g/mol. The van der Waals surface area contributed by atoms with Crippen molar-refractivity contribution < 1.29 is 73.8 Å². The van der Waals surface area contributed by atoms with Gasteiger partial charge in [0.1, 0.15) is 55.4 Å². The smallest absolute Gasteiger partial charge is 0.306 e. The van der Waals surface area contributed by atoms with Crippen LogP contribution in [0.5, 0.6) is 0 Å². The molecule has 11 atom stereocenters. The van der Waals surface area contributed by atoms with Crippen molar-refractivity contribution in [1.82, 2.24) is 0 Å². The van der Waals surface area contributed by atoms with Crippen molar-refractivity contribution >= 4 is 11.9 Å². The predicted octanol–water partition coefficient (Wildman–Crippen LogP) is 5.87. The summed E-state index contributed by atoms with van der Waals surface area (Å²) in [6.07, 6.45) is 25.2. The summed E-state index contributed by atoms with van der Waals surface area (Å²) < 4.78 is 33.4. The van der Waals surface area contributed by atoms with Crippen molar-refractivity contribution in [2.24, 2.45) is 0 Å². The molecule has 4 unspecified atom stereocenters. The van der Waals surface area contributed by atoms with Crippen molar-refractivity contribution in [3.63, 3.8) is 0 Å². The highest BCUT2D eigenvalue weighted by atomic mass is 16.7. The molecule has 65 heavy (non-hydrogen) atoms. The first kappa shape index (κ1) is 58.1. The van der Waals surface area contributed by atoms with Crippen LogP contribution in [-0.2, 0) is 38.0 Å². The van der Waals surface area contributed by atoms with Gasteiger partial charge in [-0.15, -0.1) is 0 Å². The average molecular weight is 923 g/mol. The highest BCUT2D eigenvalue weighted by Gasteiger charge is 2.47. The van der Waals surface area contributed by atoms with Gasteiger partial charge >= 0.3 is 11.9 Å². The number of aliphatic hydroxyl groups is 7. The van der Waals surface area contributed by atoms with E-state index in [0.29, 0.717) is 19.3 Å². The molecule has 2 aliphatic rings. The minimum absolute atomic E-state index is 0.0816. The number of carbonyl (C=O) groups is 2. The lowest BCUT2D eigenvalue weighted by Gasteiger charge is -2.42. The number of hydrogen-bond acceptors (Lipinski definition) is 15. The number of carbonyl (C=O) groups excluding carboxylic acids is 2. The Morgan fingerprint density at radius 1 is 0.508 bits per heavy atom. The van der Waals surface area contributed by atoms with E-state index in [2.05, 4.69) is 74.6 Å². The van der Waals surface area contributed by atoms with E-state index in [1.54, 1.807) is 0 Å². The lowest BCUT2D eigenvalue weighted by Crippen LogP contribution is -2.61. The maximum absolute atomic E-state index is 12.9. The molecule has 2 saturated heterocycles. The van der Waals surface area contributed by atoms with Crippen molar-refractivity contribution in [3.8, 4) is 0 Å². The van der Waals surface area contributed by atoms with Gasteiger partial charge < -0.3 is 64.2 Å². The molecule has 0 aromatic rings. The zero-order chi connectivity index (χ0) is 47.5. The molecule has 2 heterocycles. The van der Waals surface area contributed by atoms with E-state index in [9.17, 15) is 45.3 Å². The van der Waals surface area contributed by atoms with Crippen LogP contribution < -0.4 is 0 Å². The Morgan fingerprint density at radius 2 is 0.985 bits per heavy atom. The molecule has 0 amide bonds. The second kappa shape index (κ2) is 37.0. The Balaban J connectivity index is 1.87. The lowest BCUT2D eigenvalue weighted by atomic mass is 9.98. The highest BCUT2D eigenvalue weighted by Crippen LogP contribution is 2.26. The van der Waals surface area contributed by atoms with Gasteiger partial charge in [0.15, 0.2) is 18.7 Å². The standard InChI is InChI=1S/C50H82O15/c1-3-5-7-9-11-13-15-17-18-19-20-21-23-25-27-29-31-33-42(53)63-38(35-60-41(52)32-30-28-26-24-22-16-14-12-10-8-6-4-2)36-61-49-48(59)46(57)44(55)40(65-49)37-62-50-47(58)45(56)43(54)39(34-51)64-50/h5,7,11-14,17-18,20-21,25,27,38-40,43-51,54-59H,3-4,6,8-10,15-16,19,22-24,26,28-37H2,1-2H3/b7-5+,13-11+,14-12+,18-17+,21-20+,27-25+/t38-,39+,40+,43-,44-,45?,46?,47?,48?,49+,50+/m1/s1. The number of hydrogen-bond donors (Lipinski definition) is 7. The van der Waals surface area contributed by atoms with Gasteiger partial charge in [-0.25, -0.2) is 0 Å². The molecule has 2 fully saturated rings. The van der Waals surface area contributed by atoms with Crippen LogP contribution in [0.2, 0.25) is 0 Å². The molecule has 0 bridgehead atoms. The van der Waals surface area contributed by atoms with Crippen LogP contribution in [0.25, 0.3) is 0 Å². The monoisotopic (exact) mass is 923 g/mol. The molecule has 2 rings (SSSR count). The molecule has 2 aliphatic heterocycles. The number of aliphatic hydroxyl groups excluding tert-OH is 7. The Kier molecular flexibility index (Phi) is 33.0. The molecule has 0 aliphatic carbocycles. The number of ether oxygens (including phenoxy) is 6. The third-order valence-corrected chi connectivity index (χ3v) is 10.9. The first-order valence-electron chi connectivity index (χ1n) is 24.0. The summed E-state index contributed by atoms with van der Waals surface area (Å²) in [6, 6.07) is 0. The van der Waals surface area contributed by atoms with E-state index in [4.69, 9.17) is 28.4 Å². The van der Waals surface area contributed by atoms with Crippen molar-refractivity contribution in [3.05, 3.63) is 72.9 Å². The molecule has 15 heteroatoms. The Labute approximate surface area is 387 Å². The van der Waals surface area contributed by atoms with Gasteiger partial charge in [0.05, 0.1) is 19.8 Å². The fourth-order valence-electron chi connectivity index (χ4n) is 6.95. The zero-order valence-electron chi connectivity index (χ0n) is 38.9. The summed E-state index contributed by atoms with van der Waals surface area (Å²) in [7, 11) is 0. The molecule has 0 saturated carbocycles. The van der Waals surface area contributed by atoms with Crippen LogP contribution in [0.15, 0.2) is 72.9 Å². The van der Waals surface area contributed by atoms with Crippen molar-refractivity contribution in [2.45, 2.75) is 203 Å². The van der Waals surface area contributed by atoms with Crippen molar-refractivity contribution in [2.75, 3.05) is 26.4 Å². The maximum Gasteiger partial charge on any atom is 0.306 e. The summed E-state index contributed by atoms with van der Waals surface area (Å²) in [5.41, 5.74) is 0. The van der Waals surface area contributed by atoms with E-state index in [1.165, 1.54) is 19.3 Å². The normalized spacial score (nSPS) is 27.0. The SMILES string of the molecule is CC/C=C/C/C=C/C/C=C/C/C=C/C/C=C/CCCC(=O)O[C@H](COC(=O)CCCCCCC/C=C/CCCCC)CO[C@H]1O[C@@H](CO[C@H]2O[C@@H](CO)[C@@H](O)C(O)C2O)[C@@H](O)C(O)C1O. The zero-order valence-corrected chi connectivity index (χ0v) is 38.9. The third kappa shape index (κ3) is 25.6. The van der Waals surface area contributed by atoms with Crippen molar-refractivity contribution in [1.29, 1.82) is 0 Å². The molecule has 0 aromatic carbocycles. The minimum atomic E-state index is -1.78. The molecule has 7 N–H and O–H groups in total. The van der Waals surface area contributed by atoms with E-state index in [1.807, 2.05) is 12.2 Å². The first-order valence-corrected chi connectivity index (χ1v) is 24.0. The van der Waals surface area contributed by atoms with Crippen LogP contribution in [0.1, 0.15) is 136 Å². The number of allylic oxidation sites excluding steroid dienone is 12. The topological polar surface area (TPSA) is 231 Å². The second-order valence-corrected chi connectivity index (χ2v) is 16.5. The van der Waals surface area contributed by atoms with Crippen LogP contribution in [0, 0.1) is 0 Å². The quantitative estimate of drug-likeness (QED) is 0.0224. The molecule has 0 radical (unpaired) electrons. The largest absolute Gasteiger partial charge is 0.462 e. The summed E-state index contributed by atoms with van der Waals surface area (Å²) in [5.74, 6) is -1.01. The highest BCUT2D eigenvalue weighted by molar-refractivity contribution is 5.70. The molecule has 0 aromatic heterocycles. The van der Waals surface area contributed by atoms with E-state index >= 15 is 0 Å². The third-order valence-electron chi connectivity index (χ3n) is 10.9. The number of esters is 2. The van der Waals surface area contributed by atoms with Gasteiger partial charge in [-0.05, 0) is 77.0 Å².